The zero-order valence-electron chi connectivity index (χ0n) is 10.9. The van der Waals surface area contributed by atoms with Gasteiger partial charge in [-0.05, 0) is 24.0 Å². The molecular weight excluding hydrogens is 200 g/mol. The van der Waals surface area contributed by atoms with Crippen LogP contribution in [-0.4, -0.2) is 29.8 Å². The third-order valence-electron chi connectivity index (χ3n) is 2.54. The predicted octanol–water partition coefficient (Wildman–Crippen LogP) is 2.20. The summed E-state index contributed by atoms with van der Waals surface area (Å²) in [6, 6.07) is 4.10. The van der Waals surface area contributed by atoms with Crippen molar-refractivity contribution in [3.8, 4) is 0 Å². The summed E-state index contributed by atoms with van der Waals surface area (Å²) in [7, 11) is 1.94. The van der Waals surface area contributed by atoms with Gasteiger partial charge in [-0.2, -0.15) is 0 Å². The highest BCUT2D eigenvalue weighted by atomic mass is 16.3. The summed E-state index contributed by atoms with van der Waals surface area (Å²) in [5.74, 6) is 0.897. The van der Waals surface area contributed by atoms with E-state index in [2.05, 4.69) is 31.8 Å². The van der Waals surface area contributed by atoms with Crippen molar-refractivity contribution in [1.29, 1.82) is 0 Å². The molecule has 1 aromatic rings. The van der Waals surface area contributed by atoms with Crippen molar-refractivity contribution in [2.45, 2.75) is 39.2 Å². The number of aliphatic hydroxyl groups excluding tert-OH is 1. The molecule has 3 heteroatoms. The van der Waals surface area contributed by atoms with E-state index in [1.807, 2.05) is 24.2 Å². The summed E-state index contributed by atoms with van der Waals surface area (Å²) in [5, 5.41) is 9.30. The summed E-state index contributed by atoms with van der Waals surface area (Å²) >= 11 is 0. The highest BCUT2D eigenvalue weighted by molar-refractivity contribution is 5.39. The van der Waals surface area contributed by atoms with Crippen LogP contribution in [0.15, 0.2) is 18.3 Å². The lowest BCUT2D eigenvalue weighted by atomic mass is 9.88. The first-order valence-electron chi connectivity index (χ1n) is 5.66. The van der Waals surface area contributed by atoms with Crippen molar-refractivity contribution in [3.63, 3.8) is 0 Å². The molecule has 0 aromatic carbocycles. The predicted molar refractivity (Wildman–Crippen MR) is 67.9 cm³/mol. The van der Waals surface area contributed by atoms with E-state index in [0.717, 1.165) is 5.82 Å². The Kier molecular flexibility index (Phi) is 3.92. The quantitative estimate of drug-likeness (QED) is 0.851. The number of anilines is 1. The Labute approximate surface area is 98.1 Å². The molecule has 0 aliphatic carbocycles. The van der Waals surface area contributed by atoms with E-state index < -0.39 is 0 Å². The molecule has 0 radical (unpaired) electrons. The van der Waals surface area contributed by atoms with Gasteiger partial charge in [-0.1, -0.05) is 26.8 Å². The van der Waals surface area contributed by atoms with Crippen LogP contribution in [0.5, 0.6) is 0 Å². The summed E-state index contributed by atoms with van der Waals surface area (Å²) in [6.45, 7) is 8.89. The first-order valence-corrected chi connectivity index (χ1v) is 5.66. The second kappa shape index (κ2) is 4.83. The van der Waals surface area contributed by atoms with Gasteiger partial charge in [0.2, 0.25) is 0 Å². The van der Waals surface area contributed by atoms with Crippen LogP contribution >= 0.6 is 0 Å². The van der Waals surface area contributed by atoms with Crippen molar-refractivity contribution in [3.05, 3.63) is 23.9 Å². The molecule has 0 fully saturated rings. The Morgan fingerprint density at radius 2 is 2.00 bits per heavy atom. The number of nitrogens with zero attached hydrogens (tertiary/aromatic N) is 2. The van der Waals surface area contributed by atoms with Crippen LogP contribution in [0.4, 0.5) is 5.82 Å². The summed E-state index contributed by atoms with van der Waals surface area (Å²) < 4.78 is 0. The van der Waals surface area contributed by atoms with E-state index in [1.165, 1.54) is 5.56 Å². The van der Waals surface area contributed by atoms with Crippen LogP contribution in [0, 0.1) is 0 Å². The summed E-state index contributed by atoms with van der Waals surface area (Å²) in [4.78, 5) is 6.37. The Morgan fingerprint density at radius 1 is 1.38 bits per heavy atom. The van der Waals surface area contributed by atoms with E-state index in [9.17, 15) is 5.11 Å². The van der Waals surface area contributed by atoms with E-state index in [1.54, 1.807) is 6.92 Å². The van der Waals surface area contributed by atoms with Gasteiger partial charge in [0.1, 0.15) is 5.82 Å². The fourth-order valence-corrected chi connectivity index (χ4v) is 1.55. The number of hydrogen-bond donors (Lipinski definition) is 1. The van der Waals surface area contributed by atoms with Gasteiger partial charge in [-0.25, -0.2) is 4.98 Å². The Hall–Kier alpha value is -1.09. The zero-order valence-corrected chi connectivity index (χ0v) is 10.9. The minimum Gasteiger partial charge on any atom is -0.392 e. The minimum absolute atomic E-state index is 0.133. The van der Waals surface area contributed by atoms with Gasteiger partial charge in [0.25, 0.3) is 0 Å². The SMILES string of the molecule is CC(O)CN(C)c1ccc(C(C)(C)C)cn1. The monoisotopic (exact) mass is 222 g/mol. The van der Waals surface area contributed by atoms with Gasteiger partial charge >= 0.3 is 0 Å². The number of rotatable bonds is 3. The maximum absolute atomic E-state index is 9.30. The van der Waals surface area contributed by atoms with E-state index in [0.29, 0.717) is 6.54 Å². The van der Waals surface area contributed by atoms with Crippen LogP contribution in [0.2, 0.25) is 0 Å². The molecule has 0 amide bonds. The molecule has 1 aromatic heterocycles. The molecule has 1 atom stereocenters. The zero-order chi connectivity index (χ0) is 12.3. The third kappa shape index (κ3) is 3.49. The molecule has 0 saturated heterocycles. The lowest BCUT2D eigenvalue weighted by Crippen LogP contribution is -2.27. The van der Waals surface area contributed by atoms with Crippen LogP contribution in [0.3, 0.4) is 0 Å². The fourth-order valence-electron chi connectivity index (χ4n) is 1.55. The molecule has 0 saturated carbocycles. The largest absolute Gasteiger partial charge is 0.392 e. The average molecular weight is 222 g/mol. The highest BCUT2D eigenvalue weighted by Crippen LogP contribution is 2.22. The molecule has 3 nitrogen and oxygen atoms in total. The highest BCUT2D eigenvalue weighted by Gasteiger charge is 2.14. The Balaban J connectivity index is 2.79. The number of aliphatic hydroxyl groups is 1. The number of likely N-dealkylation sites (N-methyl/N-ethyl adjacent to an activating group) is 1. The minimum atomic E-state index is -0.339. The first-order chi connectivity index (χ1) is 7.30. The first kappa shape index (κ1) is 13.0. The molecule has 1 unspecified atom stereocenters. The van der Waals surface area contributed by atoms with Gasteiger partial charge in [-0.3, -0.25) is 0 Å². The van der Waals surface area contributed by atoms with Crippen LogP contribution < -0.4 is 4.90 Å². The normalized spacial score (nSPS) is 13.6. The van der Waals surface area contributed by atoms with Crippen molar-refractivity contribution in [2.75, 3.05) is 18.5 Å². The van der Waals surface area contributed by atoms with E-state index >= 15 is 0 Å². The number of hydrogen-bond acceptors (Lipinski definition) is 3. The van der Waals surface area contributed by atoms with Gasteiger partial charge < -0.3 is 10.0 Å². The number of aromatic nitrogens is 1. The molecule has 0 aliphatic rings. The Morgan fingerprint density at radius 3 is 2.38 bits per heavy atom. The van der Waals surface area contributed by atoms with Crippen LogP contribution in [0.1, 0.15) is 33.3 Å². The smallest absolute Gasteiger partial charge is 0.128 e. The molecule has 0 bridgehead atoms. The molecule has 1 rings (SSSR count). The van der Waals surface area contributed by atoms with Gasteiger partial charge in [0.05, 0.1) is 6.10 Å². The standard InChI is InChI=1S/C13H22N2O/c1-10(16)9-15(5)12-7-6-11(8-14-12)13(2,3)4/h6-8,10,16H,9H2,1-5H3. The molecule has 90 valence electrons. The molecule has 1 N–H and O–H groups in total. The van der Waals surface area contributed by atoms with E-state index in [-0.39, 0.29) is 11.5 Å². The number of pyridine rings is 1. The van der Waals surface area contributed by atoms with Crippen molar-refractivity contribution in [2.24, 2.45) is 0 Å². The molecule has 0 spiro atoms. The topological polar surface area (TPSA) is 36.4 Å². The van der Waals surface area contributed by atoms with Crippen molar-refractivity contribution in [1.82, 2.24) is 4.98 Å². The van der Waals surface area contributed by atoms with Crippen LogP contribution in [0.25, 0.3) is 0 Å². The van der Waals surface area contributed by atoms with Gasteiger partial charge in [0, 0.05) is 19.8 Å². The summed E-state index contributed by atoms with van der Waals surface area (Å²) in [5.41, 5.74) is 1.36. The van der Waals surface area contributed by atoms with Gasteiger partial charge in [0.15, 0.2) is 0 Å². The van der Waals surface area contributed by atoms with E-state index in [4.69, 9.17) is 0 Å². The second-order valence-corrected chi connectivity index (χ2v) is 5.38. The molecule has 1 heterocycles. The second-order valence-electron chi connectivity index (χ2n) is 5.38. The fraction of sp³-hybridized carbons (Fsp3) is 0.615. The molecular formula is C13H22N2O. The van der Waals surface area contributed by atoms with Crippen molar-refractivity contribution >= 4 is 5.82 Å². The van der Waals surface area contributed by atoms with Crippen molar-refractivity contribution < 1.29 is 5.11 Å². The molecule has 0 aliphatic heterocycles. The van der Waals surface area contributed by atoms with Gasteiger partial charge in [-0.15, -0.1) is 0 Å². The summed E-state index contributed by atoms with van der Waals surface area (Å²) in [6.07, 6.45) is 1.57. The average Bonchev–Trinajstić information content (AvgIpc) is 2.15. The molecule has 16 heavy (non-hydrogen) atoms. The lowest BCUT2D eigenvalue weighted by molar-refractivity contribution is 0.201. The lowest BCUT2D eigenvalue weighted by Gasteiger charge is -2.22. The van der Waals surface area contributed by atoms with Crippen LogP contribution in [-0.2, 0) is 5.41 Å². The Bertz CT molecular complexity index is 325. The third-order valence-corrected chi connectivity index (χ3v) is 2.54. The maximum atomic E-state index is 9.30. The maximum Gasteiger partial charge on any atom is 0.128 e.